The average Bonchev–Trinajstić information content (AvgIpc) is 3.01. The molecule has 2 aromatic carbocycles. The summed E-state index contributed by atoms with van der Waals surface area (Å²) in [5.41, 5.74) is 2.15. The summed E-state index contributed by atoms with van der Waals surface area (Å²) >= 11 is 0. The van der Waals surface area contributed by atoms with Crippen molar-refractivity contribution in [2.45, 2.75) is 39.6 Å². The fourth-order valence-corrected chi connectivity index (χ4v) is 3.31. The highest BCUT2D eigenvalue weighted by molar-refractivity contribution is 5.78. The first kappa shape index (κ1) is 21.4. The Morgan fingerprint density at radius 1 is 1.10 bits per heavy atom. The maximum absolute atomic E-state index is 12.6. The van der Waals surface area contributed by atoms with Crippen LogP contribution in [0.3, 0.4) is 0 Å². The molecule has 0 unspecified atom stereocenters. The van der Waals surface area contributed by atoms with Gasteiger partial charge in [-0.05, 0) is 36.8 Å². The van der Waals surface area contributed by atoms with Crippen LogP contribution in [0.15, 0.2) is 47.3 Å². The Labute approximate surface area is 171 Å². The summed E-state index contributed by atoms with van der Waals surface area (Å²) < 4.78 is 37.5. The van der Waals surface area contributed by atoms with E-state index < -0.39 is 6.61 Å². The minimum absolute atomic E-state index is 0.0748. The number of carbonyl (C=O) groups excluding carboxylic acids is 1. The van der Waals surface area contributed by atoms with Gasteiger partial charge < -0.3 is 14.8 Å². The number of nitrogens with zero attached hydrogens (tertiary/aromatic N) is 2. The van der Waals surface area contributed by atoms with Crippen molar-refractivity contribution in [3.05, 3.63) is 58.5 Å². The van der Waals surface area contributed by atoms with E-state index in [4.69, 9.17) is 4.74 Å². The van der Waals surface area contributed by atoms with Gasteiger partial charge in [0.1, 0.15) is 0 Å². The number of ether oxygens (including phenoxy) is 2. The molecule has 0 aliphatic carbocycles. The normalized spacial score (nSPS) is 11.1. The van der Waals surface area contributed by atoms with Crippen molar-refractivity contribution in [2.24, 2.45) is 0 Å². The van der Waals surface area contributed by atoms with E-state index in [0.29, 0.717) is 12.1 Å². The zero-order valence-corrected chi connectivity index (χ0v) is 16.7. The van der Waals surface area contributed by atoms with Gasteiger partial charge in [-0.15, -0.1) is 0 Å². The van der Waals surface area contributed by atoms with Gasteiger partial charge in [0.05, 0.1) is 18.1 Å². The van der Waals surface area contributed by atoms with E-state index in [9.17, 15) is 18.4 Å². The Morgan fingerprint density at radius 3 is 2.43 bits per heavy atom. The van der Waals surface area contributed by atoms with Crippen molar-refractivity contribution >= 4 is 16.9 Å². The molecule has 0 saturated carbocycles. The quantitative estimate of drug-likeness (QED) is 0.578. The number of benzene rings is 2. The van der Waals surface area contributed by atoms with Crippen molar-refractivity contribution in [1.29, 1.82) is 0 Å². The first-order chi connectivity index (χ1) is 14.4. The summed E-state index contributed by atoms with van der Waals surface area (Å²) in [6.07, 6.45) is 0.126. The first-order valence-electron chi connectivity index (χ1n) is 9.51. The molecule has 1 heterocycles. The lowest BCUT2D eigenvalue weighted by atomic mass is 10.2. The molecule has 1 N–H and O–H groups in total. The molecular formula is C21H23F2N3O4. The minimum Gasteiger partial charge on any atom is -0.493 e. The number of aromatic nitrogens is 2. The highest BCUT2D eigenvalue weighted by atomic mass is 19.3. The number of hydrogen-bond donors (Lipinski definition) is 1. The number of carbonyl (C=O) groups is 1. The van der Waals surface area contributed by atoms with Crippen LogP contribution in [-0.4, -0.2) is 28.8 Å². The number of methoxy groups -OCH3 is 1. The van der Waals surface area contributed by atoms with Crippen LogP contribution in [0.4, 0.5) is 8.78 Å². The molecule has 0 radical (unpaired) electrons. The molecule has 1 amide bonds. The fraction of sp³-hybridized carbons (Fsp3) is 0.333. The minimum atomic E-state index is -2.95. The third-order valence-corrected chi connectivity index (χ3v) is 4.74. The van der Waals surface area contributed by atoms with E-state index in [-0.39, 0.29) is 42.6 Å². The zero-order valence-electron chi connectivity index (χ0n) is 16.7. The van der Waals surface area contributed by atoms with Crippen molar-refractivity contribution < 1.29 is 23.0 Å². The van der Waals surface area contributed by atoms with Gasteiger partial charge in [0.2, 0.25) is 5.91 Å². The Hall–Kier alpha value is -3.36. The van der Waals surface area contributed by atoms with E-state index in [0.717, 1.165) is 11.0 Å². The highest BCUT2D eigenvalue weighted by Crippen LogP contribution is 2.29. The number of halogens is 2. The van der Waals surface area contributed by atoms with Gasteiger partial charge in [0, 0.05) is 26.1 Å². The molecule has 3 rings (SSSR count). The number of fused-ring (bicyclic) bond motifs is 1. The second-order valence-electron chi connectivity index (χ2n) is 6.56. The van der Waals surface area contributed by atoms with Crippen LogP contribution in [0, 0.1) is 0 Å². The Kier molecular flexibility index (Phi) is 6.71. The number of rotatable bonds is 9. The number of imidazole rings is 1. The van der Waals surface area contributed by atoms with Gasteiger partial charge in [0.25, 0.3) is 0 Å². The molecule has 1 aromatic heterocycles. The standard InChI is InChI=1S/C21H23F2N3O4/c1-3-25-15-6-4-5-7-16(15)26(21(25)28)11-10-19(27)24-13-14-8-9-17(30-20(22)23)18(12-14)29-2/h4-9,12,20H,3,10-11,13H2,1-2H3,(H,24,27). The molecule has 0 aliphatic rings. The number of aryl methyl sites for hydroxylation is 2. The van der Waals surface area contributed by atoms with Crippen LogP contribution < -0.4 is 20.5 Å². The van der Waals surface area contributed by atoms with Crippen molar-refractivity contribution in [3.8, 4) is 11.5 Å². The van der Waals surface area contributed by atoms with Gasteiger partial charge in [-0.1, -0.05) is 18.2 Å². The summed E-state index contributed by atoms with van der Waals surface area (Å²) in [7, 11) is 1.35. The number of hydrogen-bond acceptors (Lipinski definition) is 4. The van der Waals surface area contributed by atoms with Crippen molar-refractivity contribution in [3.63, 3.8) is 0 Å². The smallest absolute Gasteiger partial charge is 0.387 e. The molecule has 0 bridgehead atoms. The average molecular weight is 419 g/mol. The molecule has 0 saturated heterocycles. The molecule has 160 valence electrons. The fourth-order valence-electron chi connectivity index (χ4n) is 3.31. The van der Waals surface area contributed by atoms with E-state index >= 15 is 0 Å². The molecule has 0 fully saturated rings. The van der Waals surface area contributed by atoms with Crippen LogP contribution in [0.5, 0.6) is 11.5 Å². The van der Waals surface area contributed by atoms with E-state index in [2.05, 4.69) is 10.1 Å². The van der Waals surface area contributed by atoms with Crippen LogP contribution >= 0.6 is 0 Å². The van der Waals surface area contributed by atoms with E-state index in [1.165, 1.54) is 19.2 Å². The van der Waals surface area contributed by atoms with Gasteiger partial charge >= 0.3 is 12.3 Å². The maximum Gasteiger partial charge on any atom is 0.387 e. The third kappa shape index (κ3) is 4.61. The number of nitrogens with one attached hydrogen (secondary N) is 1. The second kappa shape index (κ2) is 9.43. The summed E-state index contributed by atoms with van der Waals surface area (Å²) in [6.45, 7) is -0.0626. The van der Waals surface area contributed by atoms with Gasteiger partial charge in [0.15, 0.2) is 11.5 Å². The number of alkyl halides is 2. The second-order valence-corrected chi connectivity index (χ2v) is 6.56. The molecule has 3 aromatic rings. The van der Waals surface area contributed by atoms with Crippen LogP contribution in [-0.2, 0) is 24.4 Å². The third-order valence-electron chi connectivity index (χ3n) is 4.74. The maximum atomic E-state index is 12.6. The molecule has 7 nitrogen and oxygen atoms in total. The monoisotopic (exact) mass is 419 g/mol. The predicted octanol–water partition coefficient (Wildman–Crippen LogP) is 3.14. The Balaban J connectivity index is 1.63. The van der Waals surface area contributed by atoms with Gasteiger partial charge in [-0.3, -0.25) is 13.9 Å². The summed E-state index contributed by atoms with van der Waals surface area (Å²) in [6, 6.07) is 11.9. The lowest BCUT2D eigenvalue weighted by Gasteiger charge is -2.12. The van der Waals surface area contributed by atoms with E-state index in [1.54, 1.807) is 15.2 Å². The van der Waals surface area contributed by atoms with Crippen molar-refractivity contribution in [1.82, 2.24) is 14.5 Å². The summed E-state index contributed by atoms with van der Waals surface area (Å²) in [5.74, 6) is -0.155. The van der Waals surface area contributed by atoms with E-state index in [1.807, 2.05) is 31.2 Å². The number of para-hydroxylation sites is 2. The first-order valence-corrected chi connectivity index (χ1v) is 9.51. The molecule has 0 spiro atoms. The SMILES string of the molecule is CCn1c(=O)n(CCC(=O)NCc2ccc(OC(F)F)c(OC)c2)c2ccccc21. The zero-order chi connectivity index (χ0) is 21.7. The Bertz CT molecular complexity index is 1090. The molecule has 30 heavy (non-hydrogen) atoms. The number of amides is 1. The van der Waals surface area contributed by atoms with Crippen LogP contribution in [0.1, 0.15) is 18.9 Å². The highest BCUT2D eigenvalue weighted by Gasteiger charge is 2.14. The molecule has 0 aliphatic heterocycles. The van der Waals surface area contributed by atoms with Gasteiger partial charge in [-0.2, -0.15) is 8.78 Å². The predicted molar refractivity (Wildman–Crippen MR) is 108 cm³/mol. The van der Waals surface area contributed by atoms with Crippen LogP contribution in [0.2, 0.25) is 0 Å². The topological polar surface area (TPSA) is 74.5 Å². The van der Waals surface area contributed by atoms with Gasteiger partial charge in [-0.25, -0.2) is 4.79 Å². The van der Waals surface area contributed by atoms with Crippen LogP contribution in [0.25, 0.3) is 11.0 Å². The summed E-state index contributed by atoms with van der Waals surface area (Å²) in [5, 5.41) is 2.76. The van der Waals surface area contributed by atoms with Crippen molar-refractivity contribution in [2.75, 3.05) is 7.11 Å². The lowest BCUT2D eigenvalue weighted by Crippen LogP contribution is -2.28. The lowest BCUT2D eigenvalue weighted by molar-refractivity contribution is -0.121. The molecule has 0 atom stereocenters. The summed E-state index contributed by atoms with van der Waals surface area (Å²) in [4.78, 5) is 24.9. The molecule has 9 heteroatoms. The Morgan fingerprint density at radius 2 is 1.80 bits per heavy atom. The largest absolute Gasteiger partial charge is 0.493 e. The molecular weight excluding hydrogens is 396 g/mol.